The number of benzene rings is 1. The molecule has 5 rings (SSSR count). The summed E-state index contributed by atoms with van der Waals surface area (Å²) in [6.07, 6.45) is 5.88. The van der Waals surface area contributed by atoms with Gasteiger partial charge in [0.25, 0.3) is 11.8 Å². The van der Waals surface area contributed by atoms with Crippen molar-refractivity contribution in [1.82, 2.24) is 20.4 Å². The van der Waals surface area contributed by atoms with Crippen LogP contribution in [-0.4, -0.2) is 181 Å². The number of carbonyl (C=O) groups excluding carboxylic acids is 7. The van der Waals surface area contributed by atoms with Crippen LogP contribution in [0, 0.1) is 17.8 Å². The lowest BCUT2D eigenvalue weighted by Gasteiger charge is -2.42. The maximum atomic E-state index is 14.2. The number of fused-ring (bicyclic) bond motifs is 4. The topological polar surface area (TPSA) is 247 Å². The maximum absolute atomic E-state index is 14.2. The number of amides is 6. The summed E-state index contributed by atoms with van der Waals surface area (Å²) in [5, 5.41) is 17.2. The van der Waals surface area contributed by atoms with Crippen molar-refractivity contribution in [2.75, 3.05) is 105 Å². The number of halogens is 1. The van der Waals surface area contributed by atoms with Crippen molar-refractivity contribution < 1.29 is 76.6 Å². The number of likely N-dealkylation sites (tertiary alicyclic amines) is 1. The van der Waals surface area contributed by atoms with Crippen molar-refractivity contribution in [1.29, 1.82) is 0 Å². The van der Waals surface area contributed by atoms with E-state index < -0.39 is 59.7 Å². The third kappa shape index (κ3) is 17.9. The molecular formula is C52H74ClN5O16. The van der Waals surface area contributed by atoms with Crippen molar-refractivity contribution in [3.63, 3.8) is 0 Å². The minimum absolute atomic E-state index is 0.00789. The van der Waals surface area contributed by atoms with Gasteiger partial charge in [-0.2, -0.15) is 0 Å². The van der Waals surface area contributed by atoms with Crippen LogP contribution in [0.15, 0.2) is 48.1 Å². The van der Waals surface area contributed by atoms with Gasteiger partial charge in [0.1, 0.15) is 29.1 Å². The number of aliphatic hydroxyl groups is 1. The molecule has 0 aliphatic carbocycles. The van der Waals surface area contributed by atoms with Crippen LogP contribution < -0.4 is 20.3 Å². The minimum atomic E-state index is -1.79. The molecule has 21 nitrogen and oxygen atoms in total. The average molecular weight is 1060 g/mol. The van der Waals surface area contributed by atoms with Gasteiger partial charge in [-0.25, -0.2) is 4.79 Å². The third-order valence-corrected chi connectivity index (χ3v) is 13.8. The smallest absolute Gasteiger partial charge is 0.409 e. The van der Waals surface area contributed by atoms with E-state index in [0.717, 1.165) is 16.0 Å². The Kier molecular flexibility index (Phi) is 23.8. The summed E-state index contributed by atoms with van der Waals surface area (Å²) in [4.78, 5) is 93.4. The van der Waals surface area contributed by atoms with Crippen LogP contribution in [0.1, 0.15) is 71.3 Å². The second kappa shape index (κ2) is 29.6. The molecule has 410 valence electrons. The molecule has 1 aromatic rings. The van der Waals surface area contributed by atoms with Crippen LogP contribution in [0.5, 0.6) is 5.75 Å². The molecule has 0 radical (unpaired) electrons. The molecule has 2 fully saturated rings. The number of ether oxygens (including phenoxy) is 8. The summed E-state index contributed by atoms with van der Waals surface area (Å²) >= 11 is 6.81. The Bertz CT molecular complexity index is 2180. The Hall–Kier alpha value is -5.42. The predicted octanol–water partition coefficient (Wildman–Crippen LogP) is 3.66. The summed E-state index contributed by atoms with van der Waals surface area (Å²) in [6, 6.07) is 3.63. The number of hydrogen-bond acceptors (Lipinski definition) is 16. The van der Waals surface area contributed by atoms with Crippen molar-refractivity contribution in [2.24, 2.45) is 17.8 Å². The number of piperidine rings is 1. The number of methoxy groups -OCH3 is 2. The van der Waals surface area contributed by atoms with E-state index in [1.165, 1.54) is 31.3 Å². The number of carbonyl (C=O) groups is 7. The summed E-state index contributed by atoms with van der Waals surface area (Å²) in [5.74, 6) is -2.94. The van der Waals surface area contributed by atoms with E-state index in [4.69, 9.17) is 49.5 Å². The first kappa shape index (κ1) is 59.5. The second-order valence-corrected chi connectivity index (χ2v) is 19.4. The van der Waals surface area contributed by atoms with Crippen LogP contribution >= 0.6 is 11.6 Å². The van der Waals surface area contributed by atoms with E-state index in [0.29, 0.717) is 83.2 Å². The second-order valence-electron chi connectivity index (χ2n) is 19.0. The zero-order valence-electron chi connectivity index (χ0n) is 43.4. The molecule has 4 bridgehead atoms. The molecule has 0 aromatic heterocycles. The Morgan fingerprint density at radius 2 is 1.53 bits per heavy atom. The van der Waals surface area contributed by atoms with Gasteiger partial charge in [-0.3, -0.25) is 39.0 Å². The Morgan fingerprint density at radius 3 is 2.16 bits per heavy atom. The predicted molar refractivity (Wildman–Crippen MR) is 270 cm³/mol. The summed E-state index contributed by atoms with van der Waals surface area (Å²) in [7, 11) is 4.56. The Morgan fingerprint density at radius 1 is 0.892 bits per heavy atom. The fourth-order valence-electron chi connectivity index (χ4n) is 9.11. The summed E-state index contributed by atoms with van der Waals surface area (Å²) < 4.78 is 45.3. The minimum Gasteiger partial charge on any atom is -0.495 e. The maximum Gasteiger partial charge on any atom is 0.409 e. The molecule has 4 aliphatic rings. The van der Waals surface area contributed by atoms with Gasteiger partial charge in [-0.15, -0.1) is 0 Å². The summed E-state index contributed by atoms with van der Waals surface area (Å²) in [5.41, 5.74) is 0.388. The molecule has 4 heterocycles. The SMILES string of the molecule is COc1cc2cc(c1Cl)N(C)C(=O)C[C@H](OC(=O)C1CCN(C(=O)CCOCCOCCOCCOCCNC(=O)CCN3C(=O)C=CC3=O)CC1)C(C)C[C@H](C)C1C[C@@](O)(NC(=O)O1)C(OC)/C=C/C=C(\C)C2. The molecule has 1 aromatic carbocycles. The number of alkyl carbamates (subject to hydrolysis) is 1. The normalized spacial score (nSPS) is 25.3. The number of allylic oxidation sites excluding steroid dienone is 3. The highest BCUT2D eigenvalue weighted by atomic mass is 35.5. The zero-order chi connectivity index (χ0) is 53.8. The van der Waals surface area contributed by atoms with Crippen LogP contribution in [0.2, 0.25) is 5.02 Å². The van der Waals surface area contributed by atoms with Gasteiger partial charge in [0.05, 0.1) is 84.4 Å². The summed E-state index contributed by atoms with van der Waals surface area (Å²) in [6.45, 7) is 9.11. The molecule has 3 N–H and O–H groups in total. The number of rotatable bonds is 22. The largest absolute Gasteiger partial charge is 0.495 e. The highest BCUT2D eigenvalue weighted by Crippen LogP contribution is 2.38. The van der Waals surface area contributed by atoms with Crippen molar-refractivity contribution in [3.05, 3.63) is 58.7 Å². The molecular weight excluding hydrogens is 986 g/mol. The van der Waals surface area contributed by atoms with E-state index in [1.54, 1.807) is 30.2 Å². The Labute approximate surface area is 438 Å². The molecule has 6 amide bonds. The first-order valence-corrected chi connectivity index (χ1v) is 25.6. The van der Waals surface area contributed by atoms with Crippen LogP contribution in [0.4, 0.5) is 10.5 Å². The molecule has 74 heavy (non-hydrogen) atoms. The van der Waals surface area contributed by atoms with E-state index in [9.17, 15) is 38.7 Å². The van der Waals surface area contributed by atoms with Gasteiger partial charge in [0.15, 0.2) is 5.72 Å². The lowest BCUT2D eigenvalue weighted by atomic mass is 9.83. The molecule has 0 spiro atoms. The number of imide groups is 1. The highest BCUT2D eigenvalue weighted by Gasteiger charge is 2.47. The first-order valence-electron chi connectivity index (χ1n) is 25.2. The monoisotopic (exact) mass is 1060 g/mol. The quantitative estimate of drug-likeness (QED) is 0.0852. The number of esters is 1. The van der Waals surface area contributed by atoms with Crippen LogP contribution in [0.3, 0.4) is 0 Å². The molecule has 22 heteroatoms. The number of nitrogens with zero attached hydrogens (tertiary/aromatic N) is 3. The van der Waals surface area contributed by atoms with E-state index in [1.807, 2.05) is 32.9 Å². The highest BCUT2D eigenvalue weighted by molar-refractivity contribution is 6.35. The van der Waals surface area contributed by atoms with Gasteiger partial charge in [-0.05, 0) is 62.1 Å². The number of nitrogens with one attached hydrogen (secondary N) is 2. The standard InChI is InChI=1S/C52H74ClN5O16/c1-34-8-7-9-43(68-6)52(66)33-42(74-51(65)55-52)36(3)29-35(2)40(32-48(63)56(4)39-30-37(28-34)31-41(67-5)49(39)53)73-50(64)38-12-17-57(18-13-38)45(60)15-20-69-22-24-71-26-27-72-25-23-70-21-16-54-44(59)14-19-58-46(61)10-11-47(58)62/h7-11,30-31,35-36,38,40,42-43,66H,12-29,32-33H2,1-6H3,(H,54,59)(H,55,65)/b9-7+,34-8+/t35?,36-,40-,42?,43?,52-/m0/s1. The van der Waals surface area contributed by atoms with Gasteiger partial charge in [0, 0.05) is 65.3 Å². The number of anilines is 1. The Balaban J connectivity index is 1.04. The van der Waals surface area contributed by atoms with Gasteiger partial charge >= 0.3 is 12.1 Å². The van der Waals surface area contributed by atoms with E-state index in [2.05, 4.69) is 10.6 Å². The molecule has 0 saturated carbocycles. The average Bonchev–Trinajstić information content (AvgIpc) is 3.70. The molecule has 6 atom stereocenters. The van der Waals surface area contributed by atoms with Crippen LogP contribution in [0.25, 0.3) is 0 Å². The molecule has 2 saturated heterocycles. The van der Waals surface area contributed by atoms with Crippen molar-refractivity contribution in [2.45, 2.75) is 96.2 Å². The third-order valence-electron chi connectivity index (χ3n) is 13.4. The number of hydrogen-bond donors (Lipinski definition) is 3. The van der Waals surface area contributed by atoms with Crippen LogP contribution in [-0.2, 0) is 68.3 Å². The van der Waals surface area contributed by atoms with Crippen molar-refractivity contribution in [3.8, 4) is 5.75 Å². The van der Waals surface area contributed by atoms with Gasteiger partial charge < -0.3 is 58.1 Å². The van der Waals surface area contributed by atoms with E-state index >= 15 is 0 Å². The lowest BCUT2D eigenvalue weighted by molar-refractivity contribution is -0.161. The fraction of sp³-hybridized carbons (Fsp3) is 0.635. The zero-order valence-corrected chi connectivity index (χ0v) is 44.2. The molecule has 3 unspecified atom stereocenters. The van der Waals surface area contributed by atoms with Gasteiger partial charge in [0.2, 0.25) is 17.7 Å². The fourth-order valence-corrected chi connectivity index (χ4v) is 9.43. The van der Waals surface area contributed by atoms with Crippen molar-refractivity contribution >= 4 is 58.9 Å². The lowest BCUT2D eigenvalue weighted by Crippen LogP contribution is -2.63. The molecule has 4 aliphatic heterocycles. The van der Waals surface area contributed by atoms with Gasteiger partial charge in [-0.1, -0.05) is 49.2 Å². The van der Waals surface area contributed by atoms with E-state index in [-0.39, 0.29) is 87.3 Å². The first-order chi connectivity index (χ1) is 35.4.